The molecule has 7 heteroatoms. The number of nitrogens with one attached hydrogen (secondary N) is 2. The molecule has 0 heterocycles. The Hall–Kier alpha value is -1.63. The van der Waals surface area contributed by atoms with Crippen LogP contribution in [0.4, 0.5) is 0 Å². The standard InChI is InChI=1S/C9H17N3O4/c1-12(2)4-3-7(13)10-5-8(14)11-6-9(15)16/h3-6H2,1-2H3,(H,10,13)(H,11,14)(H,15,16). The predicted molar refractivity (Wildman–Crippen MR) is 56.8 cm³/mol. The molecule has 0 aromatic carbocycles. The summed E-state index contributed by atoms with van der Waals surface area (Å²) in [4.78, 5) is 34.1. The van der Waals surface area contributed by atoms with E-state index in [1.165, 1.54) is 0 Å². The van der Waals surface area contributed by atoms with Crippen LogP contribution in [-0.4, -0.2) is 61.5 Å². The molecule has 3 N–H and O–H groups in total. The third kappa shape index (κ3) is 8.95. The minimum absolute atomic E-state index is 0.195. The van der Waals surface area contributed by atoms with Gasteiger partial charge in [-0.05, 0) is 14.1 Å². The van der Waals surface area contributed by atoms with Crippen LogP contribution >= 0.6 is 0 Å². The van der Waals surface area contributed by atoms with Gasteiger partial charge < -0.3 is 20.6 Å². The fourth-order valence-electron chi connectivity index (χ4n) is 0.829. The van der Waals surface area contributed by atoms with Crippen molar-refractivity contribution in [2.75, 3.05) is 33.7 Å². The Labute approximate surface area is 93.8 Å². The fraction of sp³-hybridized carbons (Fsp3) is 0.667. The zero-order valence-electron chi connectivity index (χ0n) is 9.45. The first-order valence-corrected chi connectivity index (χ1v) is 4.81. The fourth-order valence-corrected chi connectivity index (χ4v) is 0.829. The summed E-state index contributed by atoms with van der Waals surface area (Å²) in [6.07, 6.45) is 0.305. The number of nitrogens with zero attached hydrogens (tertiary/aromatic N) is 1. The third-order valence-corrected chi connectivity index (χ3v) is 1.67. The summed E-state index contributed by atoms with van der Waals surface area (Å²) in [5, 5.41) is 12.8. The van der Waals surface area contributed by atoms with Gasteiger partial charge in [-0.25, -0.2) is 0 Å². The molecule has 0 saturated heterocycles. The highest BCUT2D eigenvalue weighted by Gasteiger charge is 2.06. The minimum Gasteiger partial charge on any atom is -0.480 e. The molecular formula is C9H17N3O4. The number of hydrogen-bond donors (Lipinski definition) is 3. The average molecular weight is 231 g/mol. The number of carboxylic acid groups (broad SMARTS) is 1. The Morgan fingerprint density at radius 2 is 1.62 bits per heavy atom. The Morgan fingerprint density at radius 3 is 2.12 bits per heavy atom. The number of rotatable bonds is 7. The second-order valence-corrected chi connectivity index (χ2v) is 3.50. The molecule has 0 unspecified atom stereocenters. The van der Waals surface area contributed by atoms with Gasteiger partial charge in [0.15, 0.2) is 0 Å². The van der Waals surface area contributed by atoms with E-state index in [1.807, 2.05) is 19.0 Å². The summed E-state index contributed by atoms with van der Waals surface area (Å²) < 4.78 is 0. The number of carbonyl (C=O) groups is 3. The van der Waals surface area contributed by atoms with Gasteiger partial charge in [-0.15, -0.1) is 0 Å². The highest BCUT2D eigenvalue weighted by Crippen LogP contribution is 1.82. The molecule has 0 aliphatic rings. The highest BCUT2D eigenvalue weighted by molar-refractivity contribution is 5.86. The molecule has 2 amide bonds. The van der Waals surface area contributed by atoms with Crippen LogP contribution in [-0.2, 0) is 14.4 Å². The summed E-state index contributed by atoms with van der Waals surface area (Å²) in [6.45, 7) is -0.0332. The molecule has 0 atom stereocenters. The van der Waals surface area contributed by atoms with Crippen molar-refractivity contribution in [2.45, 2.75) is 6.42 Å². The number of carbonyl (C=O) groups excluding carboxylic acids is 2. The van der Waals surface area contributed by atoms with Crippen LogP contribution in [0.3, 0.4) is 0 Å². The number of aliphatic carboxylic acids is 1. The molecule has 0 aliphatic heterocycles. The topological polar surface area (TPSA) is 98.7 Å². The van der Waals surface area contributed by atoms with E-state index in [2.05, 4.69) is 10.6 Å². The van der Waals surface area contributed by atoms with Gasteiger partial charge in [0.25, 0.3) is 0 Å². The lowest BCUT2D eigenvalue weighted by atomic mass is 10.4. The molecule has 0 spiro atoms. The normalized spacial score (nSPS) is 9.94. The van der Waals surface area contributed by atoms with E-state index in [9.17, 15) is 14.4 Å². The van der Waals surface area contributed by atoms with Crippen molar-refractivity contribution in [2.24, 2.45) is 0 Å². The van der Waals surface area contributed by atoms with Gasteiger partial charge in [-0.2, -0.15) is 0 Å². The maximum Gasteiger partial charge on any atom is 0.322 e. The van der Waals surface area contributed by atoms with E-state index in [4.69, 9.17) is 5.11 Å². The quantitative estimate of drug-likeness (QED) is 0.483. The lowest BCUT2D eigenvalue weighted by Crippen LogP contribution is -2.39. The van der Waals surface area contributed by atoms with E-state index in [1.54, 1.807) is 0 Å². The van der Waals surface area contributed by atoms with E-state index >= 15 is 0 Å². The summed E-state index contributed by atoms with van der Waals surface area (Å²) in [5.41, 5.74) is 0. The zero-order chi connectivity index (χ0) is 12.6. The van der Waals surface area contributed by atoms with E-state index in [-0.39, 0.29) is 12.5 Å². The van der Waals surface area contributed by atoms with Crippen LogP contribution in [0.25, 0.3) is 0 Å². The maximum absolute atomic E-state index is 11.2. The smallest absolute Gasteiger partial charge is 0.322 e. The summed E-state index contributed by atoms with van der Waals surface area (Å²) >= 11 is 0. The van der Waals surface area contributed by atoms with Gasteiger partial charge >= 0.3 is 5.97 Å². The molecule has 0 fully saturated rings. The molecule has 7 nitrogen and oxygen atoms in total. The number of hydrogen-bond acceptors (Lipinski definition) is 4. The van der Waals surface area contributed by atoms with Crippen molar-refractivity contribution in [3.8, 4) is 0 Å². The number of carboxylic acids is 1. The van der Waals surface area contributed by atoms with Crippen molar-refractivity contribution < 1.29 is 19.5 Å². The molecular weight excluding hydrogens is 214 g/mol. The van der Waals surface area contributed by atoms with Crippen LogP contribution in [0, 0.1) is 0 Å². The largest absolute Gasteiger partial charge is 0.480 e. The average Bonchev–Trinajstić information content (AvgIpc) is 2.20. The molecule has 0 bridgehead atoms. The number of amides is 2. The Balaban J connectivity index is 3.59. The summed E-state index contributed by atoms with van der Waals surface area (Å²) in [6, 6.07) is 0. The Morgan fingerprint density at radius 1 is 1.06 bits per heavy atom. The molecule has 0 saturated carbocycles. The predicted octanol–water partition coefficient (Wildman–Crippen LogP) is -1.74. The van der Waals surface area contributed by atoms with Gasteiger partial charge in [0, 0.05) is 13.0 Å². The van der Waals surface area contributed by atoms with Crippen LogP contribution in [0.2, 0.25) is 0 Å². The van der Waals surface area contributed by atoms with Crippen molar-refractivity contribution in [3.05, 3.63) is 0 Å². The first-order chi connectivity index (χ1) is 7.41. The summed E-state index contributed by atoms with van der Waals surface area (Å²) in [5.74, 6) is -1.87. The Kier molecular flexibility index (Phi) is 6.86. The molecule has 0 aromatic heterocycles. The van der Waals surface area contributed by atoms with Crippen LogP contribution < -0.4 is 10.6 Å². The van der Waals surface area contributed by atoms with Crippen molar-refractivity contribution >= 4 is 17.8 Å². The lowest BCUT2D eigenvalue weighted by molar-refractivity contribution is -0.137. The van der Waals surface area contributed by atoms with Gasteiger partial charge in [-0.1, -0.05) is 0 Å². The SMILES string of the molecule is CN(C)CCC(=O)NCC(=O)NCC(=O)O. The first-order valence-electron chi connectivity index (χ1n) is 4.81. The van der Waals surface area contributed by atoms with E-state index in [0.717, 1.165) is 0 Å². The molecule has 92 valence electrons. The second-order valence-electron chi connectivity index (χ2n) is 3.50. The van der Waals surface area contributed by atoms with Crippen LogP contribution in [0.5, 0.6) is 0 Å². The monoisotopic (exact) mass is 231 g/mol. The van der Waals surface area contributed by atoms with Gasteiger partial charge in [0.2, 0.25) is 11.8 Å². The van der Waals surface area contributed by atoms with Crippen LogP contribution in [0.15, 0.2) is 0 Å². The van der Waals surface area contributed by atoms with Crippen molar-refractivity contribution in [3.63, 3.8) is 0 Å². The van der Waals surface area contributed by atoms with E-state index in [0.29, 0.717) is 13.0 Å². The second kappa shape index (κ2) is 7.63. The van der Waals surface area contributed by atoms with Crippen LogP contribution in [0.1, 0.15) is 6.42 Å². The molecule has 0 rings (SSSR count). The molecule has 0 aliphatic carbocycles. The third-order valence-electron chi connectivity index (χ3n) is 1.67. The van der Waals surface area contributed by atoms with Gasteiger partial charge in [0.1, 0.15) is 6.54 Å². The Bertz CT molecular complexity index is 265. The first kappa shape index (κ1) is 14.4. The maximum atomic E-state index is 11.2. The molecule has 16 heavy (non-hydrogen) atoms. The van der Waals surface area contributed by atoms with Crippen molar-refractivity contribution in [1.29, 1.82) is 0 Å². The van der Waals surface area contributed by atoms with Crippen molar-refractivity contribution in [1.82, 2.24) is 15.5 Å². The lowest BCUT2D eigenvalue weighted by Gasteiger charge is -2.09. The molecule has 0 radical (unpaired) electrons. The summed E-state index contributed by atoms with van der Waals surface area (Å²) in [7, 11) is 3.68. The molecule has 0 aromatic rings. The van der Waals surface area contributed by atoms with Gasteiger partial charge in [0.05, 0.1) is 6.54 Å². The van der Waals surface area contributed by atoms with Gasteiger partial charge in [-0.3, -0.25) is 14.4 Å². The minimum atomic E-state index is -1.12. The zero-order valence-corrected chi connectivity index (χ0v) is 9.45. The highest BCUT2D eigenvalue weighted by atomic mass is 16.4. The van der Waals surface area contributed by atoms with E-state index < -0.39 is 18.4 Å².